The van der Waals surface area contributed by atoms with Gasteiger partial charge in [-0.25, -0.2) is 4.79 Å². The van der Waals surface area contributed by atoms with E-state index in [1.54, 1.807) is 6.07 Å². The highest BCUT2D eigenvalue weighted by molar-refractivity contribution is 6.07. The van der Waals surface area contributed by atoms with Crippen LogP contribution in [0.4, 0.5) is 0 Å². The lowest BCUT2D eigenvalue weighted by molar-refractivity contribution is -0.00485. The predicted octanol–water partition coefficient (Wildman–Crippen LogP) is 1.77. The molecule has 1 aromatic heterocycles. The number of hydrogen-bond acceptors (Lipinski definition) is 7. The van der Waals surface area contributed by atoms with Crippen molar-refractivity contribution < 1.29 is 28.5 Å². The fourth-order valence-corrected chi connectivity index (χ4v) is 3.76. The maximum absolute atomic E-state index is 12.3. The maximum Gasteiger partial charge on any atom is 0.347 e. The van der Waals surface area contributed by atoms with Crippen molar-refractivity contribution in [1.29, 1.82) is 0 Å². The summed E-state index contributed by atoms with van der Waals surface area (Å²) in [4.78, 5) is 24.4. The van der Waals surface area contributed by atoms with E-state index in [9.17, 15) is 14.7 Å². The van der Waals surface area contributed by atoms with Gasteiger partial charge in [0.15, 0.2) is 5.78 Å². The Morgan fingerprint density at radius 3 is 2.92 bits per heavy atom. The predicted molar refractivity (Wildman–Crippen MR) is 80.3 cm³/mol. The Balaban J connectivity index is 1.96. The van der Waals surface area contributed by atoms with Crippen LogP contribution >= 0.6 is 0 Å². The zero-order valence-electron chi connectivity index (χ0n) is 12.6. The van der Waals surface area contributed by atoms with Gasteiger partial charge in [0.05, 0.1) is 36.3 Å². The molecule has 0 amide bonds. The second-order valence-corrected chi connectivity index (χ2v) is 5.99. The smallest absolute Gasteiger partial charge is 0.347 e. The van der Waals surface area contributed by atoms with Crippen LogP contribution in [0, 0.1) is 0 Å². The van der Waals surface area contributed by atoms with Crippen molar-refractivity contribution in [2.45, 2.75) is 24.7 Å². The van der Waals surface area contributed by atoms with Crippen molar-refractivity contribution in [2.24, 2.45) is 0 Å². The molecule has 1 aliphatic carbocycles. The van der Waals surface area contributed by atoms with Crippen molar-refractivity contribution in [1.82, 2.24) is 0 Å². The molecule has 0 bridgehead atoms. The van der Waals surface area contributed by atoms with E-state index in [0.29, 0.717) is 22.4 Å². The normalized spacial score (nSPS) is 26.1. The summed E-state index contributed by atoms with van der Waals surface area (Å²) in [5, 5.41) is 10.7. The maximum atomic E-state index is 12.3. The molecule has 24 heavy (non-hydrogen) atoms. The zero-order chi connectivity index (χ0) is 16.6. The second-order valence-electron chi connectivity index (χ2n) is 5.99. The molecule has 0 saturated heterocycles. The Morgan fingerprint density at radius 2 is 2.12 bits per heavy atom. The summed E-state index contributed by atoms with van der Waals surface area (Å²) in [5.74, 6) is 0.236. The Morgan fingerprint density at radius 1 is 1.29 bits per heavy atom. The summed E-state index contributed by atoms with van der Waals surface area (Å²) < 4.78 is 22.0. The molecule has 2 aromatic rings. The van der Waals surface area contributed by atoms with E-state index in [-0.39, 0.29) is 29.0 Å². The lowest BCUT2D eigenvalue weighted by Gasteiger charge is -2.14. The van der Waals surface area contributed by atoms with Gasteiger partial charge in [-0.05, 0) is 6.08 Å². The minimum Gasteiger partial charge on any atom is -0.496 e. The number of ether oxygens (including phenoxy) is 3. The van der Waals surface area contributed by atoms with Gasteiger partial charge in [-0.15, -0.1) is 0 Å². The number of carbonyl (C=O) groups is 1. The lowest BCUT2D eigenvalue weighted by atomic mass is 9.95. The number of fused-ring (bicyclic) bond motifs is 7. The SMILES string of the molecule is COc1cc2c(c3oc(=O)c4c(c13)[C@H](O)CC4=O)[C@H]1C=CO[C@H]1O2. The van der Waals surface area contributed by atoms with Crippen LogP contribution in [0.2, 0.25) is 0 Å². The van der Waals surface area contributed by atoms with Gasteiger partial charge in [0.2, 0.25) is 0 Å². The molecule has 0 unspecified atom stereocenters. The highest BCUT2D eigenvalue weighted by Gasteiger charge is 2.43. The summed E-state index contributed by atoms with van der Waals surface area (Å²) >= 11 is 0. The first kappa shape index (κ1) is 13.6. The van der Waals surface area contributed by atoms with Gasteiger partial charge in [0.1, 0.15) is 22.6 Å². The van der Waals surface area contributed by atoms with Gasteiger partial charge in [-0.3, -0.25) is 4.79 Å². The van der Waals surface area contributed by atoms with Gasteiger partial charge in [-0.1, -0.05) is 0 Å². The van der Waals surface area contributed by atoms with E-state index in [0.717, 1.165) is 0 Å². The fraction of sp³-hybridized carbons (Fsp3) is 0.294. The summed E-state index contributed by atoms with van der Waals surface area (Å²) in [6, 6.07) is 1.67. The fourth-order valence-electron chi connectivity index (χ4n) is 3.76. The number of rotatable bonds is 1. The number of benzene rings is 1. The lowest BCUT2D eigenvalue weighted by Crippen LogP contribution is -2.15. The van der Waals surface area contributed by atoms with Crippen molar-refractivity contribution in [2.75, 3.05) is 7.11 Å². The quantitative estimate of drug-likeness (QED) is 0.797. The first-order chi connectivity index (χ1) is 11.6. The molecule has 0 saturated carbocycles. The van der Waals surface area contributed by atoms with Gasteiger partial charge in [0, 0.05) is 18.1 Å². The van der Waals surface area contributed by atoms with Crippen LogP contribution in [0.1, 0.15) is 39.9 Å². The Kier molecular flexibility index (Phi) is 2.49. The van der Waals surface area contributed by atoms with Crippen molar-refractivity contribution >= 4 is 16.8 Å². The van der Waals surface area contributed by atoms with Crippen LogP contribution in [0.15, 0.2) is 27.6 Å². The number of hydrogen-bond donors (Lipinski definition) is 1. The molecule has 1 N–H and O–H groups in total. The standard InChI is InChI=1S/C17H12O7/c1-21-9-5-10-11(6-2-3-22-17(6)23-10)15-14(9)12-7(18)4-8(19)13(12)16(20)24-15/h2-3,5-7,17-18H,4H2,1H3/t6-,7-,17+/m1/s1. The molecule has 2 aliphatic heterocycles. The molecule has 1 aromatic carbocycles. The monoisotopic (exact) mass is 328 g/mol. The molecule has 3 atom stereocenters. The largest absolute Gasteiger partial charge is 0.496 e. The highest BCUT2D eigenvalue weighted by atomic mass is 16.7. The van der Waals surface area contributed by atoms with Crippen molar-refractivity contribution in [3.05, 3.63) is 45.5 Å². The van der Waals surface area contributed by atoms with Crippen molar-refractivity contribution in [3.63, 3.8) is 0 Å². The number of ketones is 1. The third-order valence-electron chi connectivity index (χ3n) is 4.76. The van der Waals surface area contributed by atoms with Crippen LogP contribution in [0.5, 0.6) is 11.5 Å². The van der Waals surface area contributed by atoms with Crippen molar-refractivity contribution in [3.8, 4) is 11.5 Å². The van der Waals surface area contributed by atoms with Gasteiger partial charge in [-0.2, -0.15) is 0 Å². The molecule has 0 spiro atoms. The minimum absolute atomic E-state index is 0.0954. The van der Waals surface area contributed by atoms with E-state index in [1.807, 2.05) is 6.08 Å². The Labute approximate surface area is 135 Å². The number of aliphatic hydroxyl groups excluding tert-OH is 1. The molecule has 3 aliphatic rings. The molecule has 0 radical (unpaired) electrons. The van der Waals surface area contributed by atoms with E-state index >= 15 is 0 Å². The summed E-state index contributed by atoms with van der Waals surface area (Å²) in [6.07, 6.45) is 1.65. The van der Waals surface area contributed by atoms with E-state index in [2.05, 4.69) is 0 Å². The number of Topliss-reactive ketones (excluding diaryl/α,β-unsaturated/α-hetero) is 1. The highest BCUT2D eigenvalue weighted by Crippen LogP contribution is 2.51. The molecule has 7 heteroatoms. The third kappa shape index (κ3) is 1.50. The zero-order valence-corrected chi connectivity index (χ0v) is 12.6. The first-order valence-electron chi connectivity index (χ1n) is 7.51. The van der Waals surface area contributed by atoms with Crippen LogP contribution in [-0.2, 0) is 4.74 Å². The van der Waals surface area contributed by atoms with Gasteiger partial charge < -0.3 is 23.7 Å². The summed E-state index contributed by atoms with van der Waals surface area (Å²) in [7, 11) is 1.47. The summed E-state index contributed by atoms with van der Waals surface area (Å²) in [5.41, 5.74) is 0.362. The minimum atomic E-state index is -1.06. The van der Waals surface area contributed by atoms with Gasteiger partial charge >= 0.3 is 5.63 Å². The Bertz CT molecular complexity index is 1000. The van der Waals surface area contributed by atoms with Crippen LogP contribution in [0.3, 0.4) is 0 Å². The average Bonchev–Trinajstić information content (AvgIpc) is 3.19. The average molecular weight is 328 g/mol. The van der Waals surface area contributed by atoms with Crippen LogP contribution < -0.4 is 15.1 Å². The van der Waals surface area contributed by atoms with Crippen LogP contribution in [0.25, 0.3) is 11.0 Å². The van der Waals surface area contributed by atoms with Gasteiger partial charge in [0.25, 0.3) is 6.29 Å². The van der Waals surface area contributed by atoms with E-state index in [4.69, 9.17) is 18.6 Å². The molecular formula is C17H12O7. The molecule has 5 rings (SSSR count). The summed E-state index contributed by atoms with van der Waals surface area (Å²) in [6.45, 7) is 0. The Hall–Kier alpha value is -2.80. The second kappa shape index (κ2) is 4.39. The van der Waals surface area contributed by atoms with Crippen LogP contribution in [-0.4, -0.2) is 24.3 Å². The molecule has 3 heterocycles. The molecule has 122 valence electrons. The van der Waals surface area contributed by atoms with E-state index in [1.165, 1.54) is 13.4 Å². The molecule has 0 fully saturated rings. The molecule has 7 nitrogen and oxygen atoms in total. The number of aliphatic hydroxyl groups is 1. The third-order valence-corrected chi connectivity index (χ3v) is 4.76. The number of carbonyl (C=O) groups excluding carboxylic acids is 1. The van der Waals surface area contributed by atoms with E-state index < -0.39 is 23.8 Å². The first-order valence-corrected chi connectivity index (χ1v) is 7.51. The molecular weight excluding hydrogens is 316 g/mol. The topological polar surface area (TPSA) is 95.2 Å². The number of methoxy groups -OCH3 is 1.